The van der Waals surface area contributed by atoms with E-state index in [1.54, 1.807) is 7.11 Å². The van der Waals surface area contributed by atoms with Gasteiger partial charge in [-0.3, -0.25) is 0 Å². The predicted molar refractivity (Wildman–Crippen MR) is 87.1 cm³/mol. The predicted octanol–water partition coefficient (Wildman–Crippen LogP) is 4.85. The molecular weight excluding hydrogens is 274 g/mol. The summed E-state index contributed by atoms with van der Waals surface area (Å²) in [6.07, 6.45) is 12.4. The van der Waals surface area contributed by atoms with Gasteiger partial charge in [-0.1, -0.05) is 38.2 Å². The van der Waals surface area contributed by atoms with Crippen LogP contribution in [0.3, 0.4) is 0 Å². The molecule has 0 unspecified atom stereocenters. The number of isocyanates is 1. The second kappa shape index (κ2) is 6.66. The Hall–Kier alpha value is -1.60. The number of aliphatic imine (C=N–C) groups is 1. The molecule has 0 bridgehead atoms. The lowest BCUT2D eigenvalue weighted by atomic mass is 9.80. The minimum Gasteiger partial charge on any atom is -0.496 e. The highest BCUT2D eigenvalue weighted by Gasteiger charge is 2.38. The lowest BCUT2D eigenvalue weighted by Gasteiger charge is -2.28. The molecule has 0 N–H and O–H groups in total. The largest absolute Gasteiger partial charge is 0.496 e. The van der Waals surface area contributed by atoms with Crippen molar-refractivity contribution in [3.05, 3.63) is 29.3 Å². The summed E-state index contributed by atoms with van der Waals surface area (Å²) >= 11 is 0. The summed E-state index contributed by atoms with van der Waals surface area (Å²) in [5, 5.41) is 0. The molecule has 1 aromatic rings. The van der Waals surface area contributed by atoms with E-state index in [-0.39, 0.29) is 0 Å². The van der Waals surface area contributed by atoms with E-state index in [4.69, 9.17) is 4.74 Å². The summed E-state index contributed by atoms with van der Waals surface area (Å²) in [4.78, 5) is 15.2. The first-order valence-corrected chi connectivity index (χ1v) is 8.56. The Morgan fingerprint density at radius 3 is 2.50 bits per heavy atom. The van der Waals surface area contributed by atoms with Crippen molar-refractivity contribution in [3.8, 4) is 5.75 Å². The molecule has 3 nitrogen and oxygen atoms in total. The summed E-state index contributed by atoms with van der Waals surface area (Å²) in [7, 11) is 1.70. The fourth-order valence-corrected chi connectivity index (χ4v) is 4.27. The van der Waals surface area contributed by atoms with Gasteiger partial charge in [-0.05, 0) is 49.3 Å². The van der Waals surface area contributed by atoms with E-state index >= 15 is 0 Å². The number of hydrogen-bond acceptors (Lipinski definition) is 3. The number of methoxy groups -OCH3 is 1. The van der Waals surface area contributed by atoms with Gasteiger partial charge in [0.15, 0.2) is 0 Å². The molecule has 0 amide bonds. The Kier molecular flexibility index (Phi) is 4.63. The van der Waals surface area contributed by atoms with Gasteiger partial charge in [0.2, 0.25) is 6.08 Å². The zero-order valence-corrected chi connectivity index (χ0v) is 13.4. The Labute approximate surface area is 132 Å². The van der Waals surface area contributed by atoms with Crippen LogP contribution in [0.2, 0.25) is 0 Å². The maximum absolute atomic E-state index is 11.0. The molecule has 0 heterocycles. The molecule has 1 aromatic carbocycles. The average Bonchev–Trinajstić information content (AvgIpc) is 3.05. The van der Waals surface area contributed by atoms with Gasteiger partial charge in [0.25, 0.3) is 0 Å². The smallest absolute Gasteiger partial charge is 0.235 e. The molecule has 0 aromatic heterocycles. The molecule has 118 valence electrons. The summed E-state index contributed by atoms with van der Waals surface area (Å²) in [5.74, 6) is 1.51. The van der Waals surface area contributed by atoms with Crippen LogP contribution in [0.1, 0.15) is 74.8 Å². The van der Waals surface area contributed by atoms with Crippen LogP contribution in [0.5, 0.6) is 5.75 Å². The summed E-state index contributed by atoms with van der Waals surface area (Å²) in [5.41, 5.74) is 2.08. The molecular formula is C19H25NO2. The van der Waals surface area contributed by atoms with Gasteiger partial charge < -0.3 is 4.74 Å². The minimum absolute atomic E-state index is 0.405. The van der Waals surface area contributed by atoms with Crippen molar-refractivity contribution in [2.45, 2.75) is 69.2 Å². The van der Waals surface area contributed by atoms with E-state index in [0.29, 0.717) is 5.92 Å². The number of rotatable bonds is 4. The standard InChI is InChI=1S/C19H25NO2/c1-22-18-10-9-16(15-7-3-2-4-8-15)13-17(18)19(20-14-21)11-5-6-12-19/h9-10,13,15H,2-8,11-12H2,1H3. The minimum atomic E-state index is -0.405. The van der Waals surface area contributed by atoms with Crippen molar-refractivity contribution >= 4 is 6.08 Å². The van der Waals surface area contributed by atoms with Gasteiger partial charge in [-0.25, -0.2) is 4.79 Å². The van der Waals surface area contributed by atoms with Gasteiger partial charge in [-0.15, -0.1) is 0 Å². The van der Waals surface area contributed by atoms with Crippen molar-refractivity contribution in [1.82, 2.24) is 0 Å². The van der Waals surface area contributed by atoms with Crippen molar-refractivity contribution in [2.75, 3.05) is 7.11 Å². The van der Waals surface area contributed by atoms with E-state index in [1.807, 2.05) is 6.08 Å². The highest BCUT2D eigenvalue weighted by Crippen LogP contribution is 2.47. The number of benzene rings is 1. The van der Waals surface area contributed by atoms with E-state index in [0.717, 1.165) is 37.0 Å². The summed E-state index contributed by atoms with van der Waals surface area (Å²) in [6.45, 7) is 0. The third-order valence-electron chi connectivity index (χ3n) is 5.49. The Morgan fingerprint density at radius 2 is 1.86 bits per heavy atom. The maximum Gasteiger partial charge on any atom is 0.235 e. The molecule has 3 rings (SSSR count). The quantitative estimate of drug-likeness (QED) is 0.589. The van der Waals surface area contributed by atoms with Gasteiger partial charge in [-0.2, -0.15) is 4.99 Å². The van der Waals surface area contributed by atoms with Gasteiger partial charge in [0.05, 0.1) is 7.11 Å². The molecule has 0 radical (unpaired) electrons. The third-order valence-corrected chi connectivity index (χ3v) is 5.49. The zero-order chi connectivity index (χ0) is 15.4. The van der Waals surface area contributed by atoms with Crippen LogP contribution in [-0.4, -0.2) is 13.2 Å². The van der Waals surface area contributed by atoms with E-state index < -0.39 is 5.54 Å². The van der Waals surface area contributed by atoms with Crippen LogP contribution in [0.15, 0.2) is 23.2 Å². The molecule has 2 aliphatic rings. The van der Waals surface area contributed by atoms with Crippen molar-refractivity contribution < 1.29 is 9.53 Å². The first-order chi connectivity index (χ1) is 10.8. The summed E-state index contributed by atoms with van der Waals surface area (Å²) < 4.78 is 5.58. The molecule has 2 saturated carbocycles. The number of hydrogen-bond donors (Lipinski definition) is 0. The van der Waals surface area contributed by atoms with Crippen molar-refractivity contribution in [1.29, 1.82) is 0 Å². The molecule has 0 saturated heterocycles. The molecule has 0 aliphatic heterocycles. The number of nitrogens with zero attached hydrogens (tertiary/aromatic N) is 1. The van der Waals surface area contributed by atoms with Gasteiger partial charge in [0, 0.05) is 5.56 Å². The fraction of sp³-hybridized carbons (Fsp3) is 0.632. The Morgan fingerprint density at radius 1 is 1.14 bits per heavy atom. The highest BCUT2D eigenvalue weighted by atomic mass is 16.5. The Balaban J connectivity index is 2.02. The van der Waals surface area contributed by atoms with E-state index in [2.05, 4.69) is 23.2 Å². The van der Waals surface area contributed by atoms with Gasteiger partial charge >= 0.3 is 0 Å². The van der Waals surface area contributed by atoms with Crippen molar-refractivity contribution in [2.24, 2.45) is 4.99 Å². The molecule has 2 aliphatic carbocycles. The zero-order valence-electron chi connectivity index (χ0n) is 13.4. The fourth-order valence-electron chi connectivity index (χ4n) is 4.27. The molecule has 0 spiro atoms. The summed E-state index contributed by atoms with van der Waals surface area (Å²) in [6, 6.07) is 6.53. The second-order valence-electron chi connectivity index (χ2n) is 6.74. The van der Waals surface area contributed by atoms with Crippen LogP contribution >= 0.6 is 0 Å². The maximum atomic E-state index is 11.0. The molecule has 22 heavy (non-hydrogen) atoms. The molecule has 2 fully saturated rings. The van der Waals surface area contributed by atoms with Crippen LogP contribution in [0.4, 0.5) is 0 Å². The van der Waals surface area contributed by atoms with Crippen LogP contribution in [0.25, 0.3) is 0 Å². The van der Waals surface area contributed by atoms with Crippen LogP contribution < -0.4 is 4.74 Å². The van der Waals surface area contributed by atoms with Gasteiger partial charge in [0.1, 0.15) is 11.3 Å². The SMILES string of the molecule is COc1ccc(C2CCCCC2)cc1C1(N=C=O)CCCC1. The van der Waals surface area contributed by atoms with Crippen LogP contribution in [-0.2, 0) is 10.3 Å². The lowest BCUT2D eigenvalue weighted by molar-refractivity contribution is 0.377. The van der Waals surface area contributed by atoms with E-state index in [1.165, 1.54) is 37.7 Å². The number of ether oxygens (including phenoxy) is 1. The second-order valence-corrected chi connectivity index (χ2v) is 6.74. The first kappa shape index (κ1) is 15.3. The number of carbonyl (C=O) groups excluding carboxylic acids is 1. The highest BCUT2D eigenvalue weighted by molar-refractivity contribution is 5.47. The molecule has 3 heteroatoms. The monoisotopic (exact) mass is 299 g/mol. The third kappa shape index (κ3) is 2.83. The molecule has 0 atom stereocenters. The average molecular weight is 299 g/mol. The lowest BCUT2D eigenvalue weighted by Crippen LogP contribution is -2.20. The Bertz CT molecular complexity index is 563. The van der Waals surface area contributed by atoms with Crippen LogP contribution in [0, 0.1) is 0 Å². The van der Waals surface area contributed by atoms with E-state index in [9.17, 15) is 4.79 Å². The topological polar surface area (TPSA) is 38.7 Å². The van der Waals surface area contributed by atoms with Crippen molar-refractivity contribution in [3.63, 3.8) is 0 Å². The normalized spacial score (nSPS) is 21.3. The first-order valence-electron chi connectivity index (χ1n) is 8.56.